The molecule has 0 spiro atoms. The van der Waals surface area contributed by atoms with E-state index >= 15 is 0 Å². The second-order valence-electron chi connectivity index (χ2n) is 1.33. The second kappa shape index (κ2) is 4.11. The van der Waals surface area contributed by atoms with Crippen molar-refractivity contribution in [2.75, 3.05) is 5.32 Å². The number of hydrogen-bond acceptors (Lipinski definition) is 4. The molecule has 0 atom stereocenters. The molecule has 0 amide bonds. The maximum absolute atomic E-state index is 4.88. The first-order valence-electron chi connectivity index (χ1n) is 2.33. The van der Waals surface area contributed by atoms with Gasteiger partial charge in [-0.1, -0.05) is 0 Å². The first-order valence-corrected chi connectivity index (χ1v) is 5.94. The summed E-state index contributed by atoms with van der Waals surface area (Å²) in [6, 6.07) is 0.445. The maximum atomic E-state index is 4.88. The molecule has 3 nitrogen and oxygen atoms in total. The summed E-state index contributed by atoms with van der Waals surface area (Å²) >= 11 is 6.68. The van der Waals surface area contributed by atoms with Crippen molar-refractivity contribution in [1.29, 1.82) is 0 Å². The Bertz CT molecular complexity index is 213. The summed E-state index contributed by atoms with van der Waals surface area (Å²) in [5, 5.41) is 2.79. The molecule has 0 saturated carbocycles. The Morgan fingerprint density at radius 3 is 3.20 bits per heavy atom. The van der Waals surface area contributed by atoms with Crippen LogP contribution in [0.2, 0.25) is 0 Å². The van der Waals surface area contributed by atoms with Crippen LogP contribution in [0.15, 0.2) is 16.9 Å². The molecule has 0 fully saturated rings. The molecule has 0 saturated heterocycles. The van der Waals surface area contributed by atoms with E-state index < -0.39 is 0 Å². The van der Waals surface area contributed by atoms with E-state index in [9.17, 15) is 0 Å². The van der Waals surface area contributed by atoms with Crippen molar-refractivity contribution in [3.8, 4) is 0 Å². The number of aromatic nitrogens is 1. The Labute approximate surface area is 77.6 Å². The van der Waals surface area contributed by atoms with Crippen LogP contribution in [0.3, 0.4) is 0 Å². The van der Waals surface area contributed by atoms with Gasteiger partial charge in [-0.25, -0.2) is 0 Å². The fourth-order valence-corrected chi connectivity index (χ4v) is 0.917. The Hall–Kier alpha value is 0.138. The quantitative estimate of drug-likeness (QED) is 0.609. The molecule has 0 unspecified atom stereocenters. The van der Waals surface area contributed by atoms with Crippen molar-refractivity contribution in [3.63, 3.8) is 0 Å². The Morgan fingerprint density at radius 1 is 1.90 bits per heavy atom. The molecule has 10 heavy (non-hydrogen) atoms. The number of nitrogens with zero attached hydrogens (tertiary/aromatic N) is 1. The van der Waals surface area contributed by atoms with Gasteiger partial charge in [-0.15, -0.1) is 0 Å². The third kappa shape index (κ3) is 2.40. The number of oxazole rings is 1. The molecular formula is C4H3MoN2OS2. The second-order valence-corrected chi connectivity index (χ2v) is 3.80. The average Bonchev–Trinajstić information content (AvgIpc) is 2.40. The molecule has 0 bridgehead atoms. The predicted molar refractivity (Wildman–Crippen MR) is 40.3 cm³/mol. The van der Waals surface area contributed by atoms with Gasteiger partial charge in [0.1, 0.15) is 0 Å². The summed E-state index contributed by atoms with van der Waals surface area (Å²) in [5.41, 5.74) is 0. The monoisotopic (exact) mass is 257 g/mol. The fraction of sp³-hybridized carbons (Fsp3) is 0. The SMILES string of the molecule is S=C(Nc1ncco1)[S][Mo]. The number of nitrogens with one attached hydrogen (secondary N) is 1. The van der Waals surface area contributed by atoms with Crippen molar-refractivity contribution in [2.24, 2.45) is 0 Å². The summed E-state index contributed by atoms with van der Waals surface area (Å²) in [7, 11) is 1.45. The van der Waals surface area contributed by atoms with Crippen LogP contribution in [0.25, 0.3) is 0 Å². The Morgan fingerprint density at radius 2 is 2.70 bits per heavy atom. The summed E-state index contributed by atoms with van der Waals surface area (Å²) < 4.78 is 5.54. The number of rotatable bonds is 1. The van der Waals surface area contributed by atoms with E-state index in [2.05, 4.69) is 10.3 Å². The summed E-state index contributed by atoms with van der Waals surface area (Å²) in [6.45, 7) is 0. The van der Waals surface area contributed by atoms with Crippen LogP contribution in [0, 0.1) is 0 Å². The average molecular weight is 255 g/mol. The molecular weight excluding hydrogens is 252 g/mol. The van der Waals surface area contributed by atoms with Crippen molar-refractivity contribution in [3.05, 3.63) is 12.5 Å². The van der Waals surface area contributed by atoms with Crippen LogP contribution < -0.4 is 5.32 Å². The van der Waals surface area contributed by atoms with Crippen molar-refractivity contribution in [1.82, 2.24) is 4.98 Å². The topological polar surface area (TPSA) is 38.1 Å². The van der Waals surface area contributed by atoms with Gasteiger partial charge in [0.2, 0.25) is 0 Å². The van der Waals surface area contributed by atoms with Gasteiger partial charge in [0.15, 0.2) is 0 Å². The molecule has 1 aromatic rings. The van der Waals surface area contributed by atoms with Gasteiger partial charge in [-0.3, -0.25) is 0 Å². The summed E-state index contributed by atoms with van der Waals surface area (Å²) in [6.07, 6.45) is 3.05. The normalized spacial score (nSPS) is 9.20. The van der Waals surface area contributed by atoms with Crippen molar-refractivity contribution >= 4 is 32.0 Å². The van der Waals surface area contributed by atoms with Gasteiger partial charge in [-0.05, 0) is 0 Å². The first-order chi connectivity index (χ1) is 4.83. The zero-order valence-corrected chi connectivity index (χ0v) is 8.37. The summed E-state index contributed by atoms with van der Waals surface area (Å²) in [5.74, 6) is 0. The van der Waals surface area contributed by atoms with Gasteiger partial charge in [0.05, 0.1) is 0 Å². The molecule has 0 aromatic carbocycles. The molecule has 1 N–H and O–H groups in total. The molecule has 0 aliphatic heterocycles. The van der Waals surface area contributed by atoms with E-state index in [1.54, 1.807) is 6.20 Å². The molecule has 1 rings (SSSR count). The van der Waals surface area contributed by atoms with Crippen LogP contribution in [-0.2, 0) is 18.5 Å². The van der Waals surface area contributed by atoms with Crippen LogP contribution in [-0.4, -0.2) is 9.30 Å². The number of thiocarbonyl (C=S) groups is 1. The first kappa shape index (κ1) is 8.24. The third-order valence-corrected chi connectivity index (χ3v) is 3.40. The van der Waals surface area contributed by atoms with E-state index in [1.807, 2.05) is 18.5 Å². The van der Waals surface area contributed by atoms with E-state index in [0.717, 1.165) is 0 Å². The molecule has 0 aliphatic carbocycles. The van der Waals surface area contributed by atoms with Gasteiger partial charge >= 0.3 is 77.7 Å². The molecule has 53 valence electrons. The van der Waals surface area contributed by atoms with Gasteiger partial charge in [0.25, 0.3) is 0 Å². The van der Waals surface area contributed by atoms with Crippen LogP contribution in [0.4, 0.5) is 6.01 Å². The molecule has 1 heterocycles. The van der Waals surface area contributed by atoms with Crippen LogP contribution in [0.1, 0.15) is 0 Å². The third-order valence-electron chi connectivity index (χ3n) is 0.717. The Balaban J connectivity index is 2.48. The predicted octanol–water partition coefficient (Wildman–Crippen LogP) is 1.57. The van der Waals surface area contributed by atoms with Crippen molar-refractivity contribution in [2.45, 2.75) is 0 Å². The van der Waals surface area contributed by atoms with Gasteiger partial charge < -0.3 is 0 Å². The van der Waals surface area contributed by atoms with Crippen LogP contribution >= 0.6 is 21.7 Å². The van der Waals surface area contributed by atoms with Gasteiger partial charge in [0, 0.05) is 0 Å². The molecule has 0 radical (unpaired) electrons. The fourth-order valence-electron chi connectivity index (χ4n) is 0.393. The minimum atomic E-state index is 0.445. The van der Waals surface area contributed by atoms with E-state index in [0.29, 0.717) is 10.3 Å². The zero-order valence-electron chi connectivity index (χ0n) is 4.73. The Kier molecular flexibility index (Phi) is 3.38. The van der Waals surface area contributed by atoms with Crippen LogP contribution in [0.5, 0.6) is 0 Å². The van der Waals surface area contributed by atoms with E-state index in [1.165, 1.54) is 15.7 Å². The molecule has 1 aromatic heterocycles. The molecule has 0 aliphatic rings. The number of anilines is 1. The van der Waals surface area contributed by atoms with E-state index in [4.69, 9.17) is 16.6 Å². The standard InChI is InChI=1S/C4H4N2OS2.Mo/c8-4(9)6-3-5-1-2-7-3;/h1-2H,(H2,5,6,8,9);/q;+1/p-1. The number of hydrogen-bond donors (Lipinski definition) is 1. The molecule has 6 heteroatoms. The van der Waals surface area contributed by atoms with Crippen molar-refractivity contribution < 1.29 is 23.0 Å². The minimum absolute atomic E-state index is 0.445. The zero-order chi connectivity index (χ0) is 7.40. The van der Waals surface area contributed by atoms with Gasteiger partial charge in [-0.2, -0.15) is 0 Å². The summed E-state index contributed by atoms with van der Waals surface area (Å²) in [4.78, 5) is 3.83. The van der Waals surface area contributed by atoms with E-state index in [-0.39, 0.29) is 0 Å².